The second kappa shape index (κ2) is 4.57. The lowest BCUT2D eigenvalue weighted by Gasteiger charge is -2.10. The number of carbonyl (C=O) groups excluding carboxylic acids is 1. The molecule has 0 unspecified atom stereocenters. The van der Waals surface area contributed by atoms with E-state index in [9.17, 15) is 4.79 Å². The van der Waals surface area contributed by atoms with Gasteiger partial charge in [0.05, 0.1) is 5.02 Å². The molecule has 2 rings (SSSR count). The van der Waals surface area contributed by atoms with Crippen molar-refractivity contribution < 1.29 is 9.32 Å². The number of nitrogens with two attached hydrogens (primary N) is 1. The molecule has 0 aliphatic carbocycles. The second-order valence-electron chi connectivity index (χ2n) is 3.43. The second-order valence-corrected chi connectivity index (χ2v) is 3.84. The van der Waals surface area contributed by atoms with Crippen LogP contribution in [0.15, 0.2) is 28.8 Å². The van der Waals surface area contributed by atoms with Gasteiger partial charge in [0, 0.05) is 5.56 Å². The number of hydrazine groups is 1. The van der Waals surface area contributed by atoms with E-state index in [1.165, 1.54) is 0 Å². The molecule has 0 spiro atoms. The van der Waals surface area contributed by atoms with Crippen molar-refractivity contribution in [3.8, 4) is 11.3 Å². The third-order valence-corrected chi connectivity index (χ3v) is 2.66. The first-order valence-corrected chi connectivity index (χ1v) is 5.23. The summed E-state index contributed by atoms with van der Waals surface area (Å²) in [5, 5.41) is 5.31. The molecule has 2 N–H and O–H groups in total. The number of aromatic nitrogens is 1. The fraction of sp³-hybridized carbons (Fsp3) is 0.0909. The summed E-state index contributed by atoms with van der Waals surface area (Å²) in [6, 6.07) is 7.13. The number of hydrogen-bond acceptors (Lipinski definition) is 4. The van der Waals surface area contributed by atoms with Gasteiger partial charge in [0.1, 0.15) is 11.4 Å². The van der Waals surface area contributed by atoms with Crippen molar-refractivity contribution in [1.29, 1.82) is 0 Å². The van der Waals surface area contributed by atoms with E-state index in [1.807, 2.05) is 6.07 Å². The van der Waals surface area contributed by atoms with E-state index < -0.39 is 0 Å². The Hall–Kier alpha value is -1.85. The first-order valence-electron chi connectivity index (χ1n) is 4.85. The molecule has 1 aromatic carbocycles. The van der Waals surface area contributed by atoms with Crippen LogP contribution in [0.1, 0.15) is 5.76 Å². The normalized spacial score (nSPS) is 10.3. The minimum absolute atomic E-state index is 0.410. The van der Waals surface area contributed by atoms with Crippen molar-refractivity contribution >= 4 is 23.7 Å². The number of halogens is 1. The molecule has 1 aromatic heterocycles. The molecule has 0 radical (unpaired) electrons. The first kappa shape index (κ1) is 11.6. The predicted octanol–water partition coefficient (Wildman–Crippen LogP) is 2.14. The number of amides is 1. The van der Waals surface area contributed by atoms with Gasteiger partial charge < -0.3 is 4.52 Å². The van der Waals surface area contributed by atoms with Gasteiger partial charge in [-0.15, -0.1) is 0 Å². The maximum atomic E-state index is 10.7. The van der Waals surface area contributed by atoms with Gasteiger partial charge in [0.15, 0.2) is 5.76 Å². The highest BCUT2D eigenvalue weighted by atomic mass is 35.5. The van der Waals surface area contributed by atoms with Crippen molar-refractivity contribution in [3.63, 3.8) is 0 Å². The van der Waals surface area contributed by atoms with Crippen LogP contribution in [0.2, 0.25) is 5.02 Å². The van der Waals surface area contributed by atoms with Crippen LogP contribution in [-0.4, -0.2) is 11.6 Å². The summed E-state index contributed by atoms with van der Waals surface area (Å²) in [6.45, 7) is 1.67. The van der Waals surface area contributed by atoms with E-state index in [0.29, 0.717) is 34.1 Å². The van der Waals surface area contributed by atoms with E-state index in [1.54, 1.807) is 25.1 Å². The number of hydrogen-bond donors (Lipinski definition) is 1. The van der Waals surface area contributed by atoms with Gasteiger partial charge in [0.2, 0.25) is 6.41 Å². The third kappa shape index (κ3) is 2.02. The topological polar surface area (TPSA) is 72.4 Å². The van der Waals surface area contributed by atoms with Gasteiger partial charge >= 0.3 is 0 Å². The Bertz CT molecular complexity index is 553. The Morgan fingerprint density at radius 2 is 2.18 bits per heavy atom. The van der Waals surface area contributed by atoms with Crippen molar-refractivity contribution in [1.82, 2.24) is 5.16 Å². The predicted molar refractivity (Wildman–Crippen MR) is 64.4 cm³/mol. The highest BCUT2D eigenvalue weighted by Gasteiger charge is 2.20. The standard InChI is InChI=1S/C11H10ClN3O2/c1-7-11(15(13)6-16)10(14-17-7)8-4-2-3-5-9(8)12/h2-6H,13H2,1H3. The number of rotatable bonds is 3. The number of aryl methyl sites for hydroxylation is 1. The van der Waals surface area contributed by atoms with Gasteiger partial charge in [0.25, 0.3) is 0 Å². The Morgan fingerprint density at radius 1 is 1.47 bits per heavy atom. The quantitative estimate of drug-likeness (QED) is 0.393. The van der Waals surface area contributed by atoms with Gasteiger partial charge in [-0.05, 0) is 13.0 Å². The maximum Gasteiger partial charge on any atom is 0.228 e. The fourth-order valence-electron chi connectivity index (χ4n) is 1.55. The van der Waals surface area contributed by atoms with Crippen LogP contribution in [0.25, 0.3) is 11.3 Å². The summed E-state index contributed by atoms with van der Waals surface area (Å²) in [4.78, 5) is 10.7. The van der Waals surface area contributed by atoms with E-state index in [-0.39, 0.29) is 0 Å². The van der Waals surface area contributed by atoms with Crippen LogP contribution in [0.3, 0.4) is 0 Å². The largest absolute Gasteiger partial charge is 0.359 e. The summed E-state index contributed by atoms with van der Waals surface area (Å²) in [5.74, 6) is 6.00. The van der Waals surface area contributed by atoms with Crippen LogP contribution in [0.4, 0.5) is 5.69 Å². The Morgan fingerprint density at radius 3 is 2.82 bits per heavy atom. The summed E-state index contributed by atoms with van der Waals surface area (Å²) in [7, 11) is 0. The monoisotopic (exact) mass is 251 g/mol. The molecule has 2 aromatic rings. The molecule has 5 nitrogen and oxygen atoms in total. The van der Waals surface area contributed by atoms with Crippen molar-refractivity contribution in [2.75, 3.05) is 5.01 Å². The summed E-state index contributed by atoms with van der Waals surface area (Å²) in [5.41, 5.74) is 1.52. The molecule has 6 heteroatoms. The lowest BCUT2D eigenvalue weighted by Crippen LogP contribution is -2.29. The van der Waals surface area contributed by atoms with Crippen molar-refractivity contribution in [2.24, 2.45) is 5.84 Å². The number of carbonyl (C=O) groups is 1. The first-order chi connectivity index (χ1) is 8.15. The summed E-state index contributed by atoms with van der Waals surface area (Å²) < 4.78 is 5.04. The molecule has 0 aliphatic rings. The van der Waals surface area contributed by atoms with Gasteiger partial charge in [-0.25, -0.2) is 10.9 Å². The smallest absolute Gasteiger partial charge is 0.228 e. The zero-order chi connectivity index (χ0) is 12.4. The van der Waals surface area contributed by atoms with Crippen LogP contribution < -0.4 is 10.9 Å². The van der Waals surface area contributed by atoms with E-state index in [4.69, 9.17) is 22.0 Å². The van der Waals surface area contributed by atoms with Gasteiger partial charge in [-0.3, -0.25) is 4.79 Å². The minimum Gasteiger partial charge on any atom is -0.359 e. The molecule has 1 amide bonds. The van der Waals surface area contributed by atoms with E-state index in [0.717, 1.165) is 5.01 Å². The molecule has 1 heterocycles. The molecule has 0 fully saturated rings. The van der Waals surface area contributed by atoms with Crippen LogP contribution in [0.5, 0.6) is 0 Å². The Kier molecular flexibility index (Phi) is 3.12. The molecular formula is C11H10ClN3O2. The van der Waals surface area contributed by atoms with Crippen LogP contribution in [-0.2, 0) is 4.79 Å². The van der Waals surface area contributed by atoms with Crippen molar-refractivity contribution in [2.45, 2.75) is 6.92 Å². The average Bonchev–Trinajstić information content (AvgIpc) is 2.71. The molecule has 0 atom stereocenters. The Balaban J connectivity index is 2.61. The molecule has 0 aliphatic heterocycles. The molecule has 17 heavy (non-hydrogen) atoms. The summed E-state index contributed by atoms with van der Waals surface area (Å²) in [6.07, 6.45) is 0.486. The average molecular weight is 252 g/mol. The lowest BCUT2D eigenvalue weighted by atomic mass is 10.1. The molecule has 88 valence electrons. The highest BCUT2D eigenvalue weighted by molar-refractivity contribution is 6.33. The van der Waals surface area contributed by atoms with Crippen molar-refractivity contribution in [3.05, 3.63) is 35.0 Å². The minimum atomic E-state index is 0.410. The zero-order valence-corrected chi connectivity index (χ0v) is 9.81. The molecular weight excluding hydrogens is 242 g/mol. The van der Waals surface area contributed by atoms with Gasteiger partial charge in [-0.2, -0.15) is 0 Å². The SMILES string of the molecule is Cc1onc(-c2ccccc2Cl)c1N(N)C=O. The maximum absolute atomic E-state index is 10.7. The van der Waals surface area contributed by atoms with E-state index in [2.05, 4.69) is 5.16 Å². The van der Waals surface area contributed by atoms with Gasteiger partial charge in [-0.1, -0.05) is 35.0 Å². The lowest BCUT2D eigenvalue weighted by molar-refractivity contribution is -0.107. The number of nitrogens with zero attached hydrogens (tertiary/aromatic N) is 2. The molecule has 0 saturated heterocycles. The number of anilines is 1. The van der Waals surface area contributed by atoms with E-state index >= 15 is 0 Å². The summed E-state index contributed by atoms with van der Waals surface area (Å²) >= 11 is 6.06. The number of benzene rings is 1. The molecule has 0 saturated carbocycles. The zero-order valence-electron chi connectivity index (χ0n) is 9.05. The fourth-order valence-corrected chi connectivity index (χ4v) is 1.78. The highest BCUT2D eigenvalue weighted by Crippen LogP contribution is 2.35. The molecule has 0 bridgehead atoms. The van der Waals surface area contributed by atoms with Crippen LogP contribution in [0, 0.1) is 6.92 Å². The van der Waals surface area contributed by atoms with Crippen LogP contribution >= 0.6 is 11.6 Å². The Labute approximate surface area is 103 Å². The third-order valence-electron chi connectivity index (χ3n) is 2.33.